The van der Waals surface area contributed by atoms with Crippen molar-refractivity contribution in [3.63, 3.8) is 0 Å². The highest BCUT2D eigenvalue weighted by molar-refractivity contribution is 4.76. The molecule has 96 valence electrons. The van der Waals surface area contributed by atoms with E-state index in [9.17, 15) is 0 Å². The fourth-order valence-corrected chi connectivity index (χ4v) is 2.55. The summed E-state index contributed by atoms with van der Waals surface area (Å²) in [5.74, 6) is 2.58. The van der Waals surface area contributed by atoms with Crippen LogP contribution in [0.15, 0.2) is 0 Å². The highest BCUT2D eigenvalue weighted by Crippen LogP contribution is 2.22. The molecule has 2 nitrogen and oxygen atoms in total. The highest BCUT2D eigenvalue weighted by atomic mass is 15.1. The summed E-state index contributed by atoms with van der Waals surface area (Å²) in [6.45, 7) is 15.6. The van der Waals surface area contributed by atoms with Crippen molar-refractivity contribution >= 4 is 0 Å². The molecule has 1 aliphatic heterocycles. The molecule has 0 aromatic carbocycles. The van der Waals surface area contributed by atoms with Gasteiger partial charge in [-0.3, -0.25) is 0 Å². The molecular weight excluding hydrogens is 196 g/mol. The second kappa shape index (κ2) is 7.29. The monoisotopic (exact) mass is 226 g/mol. The standard InChI is InChI=1S/C14H30N2/c1-5-7-15-9-12(2)10-16-8-6-13(3)14(4)11-16/h12-15H,5-11H2,1-4H3. The summed E-state index contributed by atoms with van der Waals surface area (Å²) in [5.41, 5.74) is 0. The largest absolute Gasteiger partial charge is 0.316 e. The van der Waals surface area contributed by atoms with Gasteiger partial charge >= 0.3 is 0 Å². The number of nitrogens with one attached hydrogen (secondary N) is 1. The SMILES string of the molecule is CCCNCC(C)CN1CCC(C)C(C)C1. The Morgan fingerprint density at radius 1 is 1.31 bits per heavy atom. The third-order valence-electron chi connectivity index (χ3n) is 3.91. The van der Waals surface area contributed by atoms with Crippen molar-refractivity contribution in [2.45, 2.75) is 40.5 Å². The van der Waals surface area contributed by atoms with Crippen LogP contribution in [0, 0.1) is 17.8 Å². The van der Waals surface area contributed by atoms with Crippen molar-refractivity contribution in [2.24, 2.45) is 17.8 Å². The number of hydrogen-bond acceptors (Lipinski definition) is 2. The summed E-state index contributed by atoms with van der Waals surface area (Å²) < 4.78 is 0. The molecule has 1 N–H and O–H groups in total. The van der Waals surface area contributed by atoms with E-state index < -0.39 is 0 Å². The molecule has 2 heteroatoms. The number of likely N-dealkylation sites (tertiary alicyclic amines) is 1. The molecule has 0 spiro atoms. The smallest absolute Gasteiger partial charge is 0.00193 e. The highest BCUT2D eigenvalue weighted by Gasteiger charge is 2.23. The normalized spacial score (nSPS) is 29.2. The van der Waals surface area contributed by atoms with E-state index in [0.29, 0.717) is 0 Å². The van der Waals surface area contributed by atoms with Crippen LogP contribution < -0.4 is 5.32 Å². The molecule has 0 amide bonds. The lowest BCUT2D eigenvalue weighted by molar-refractivity contribution is 0.123. The van der Waals surface area contributed by atoms with Crippen LogP contribution >= 0.6 is 0 Å². The van der Waals surface area contributed by atoms with Gasteiger partial charge in [0, 0.05) is 13.1 Å². The molecular formula is C14H30N2. The molecule has 16 heavy (non-hydrogen) atoms. The molecule has 0 aliphatic carbocycles. The van der Waals surface area contributed by atoms with Crippen molar-refractivity contribution < 1.29 is 0 Å². The average molecular weight is 226 g/mol. The van der Waals surface area contributed by atoms with Gasteiger partial charge in [0.2, 0.25) is 0 Å². The first-order chi connectivity index (χ1) is 7.63. The lowest BCUT2D eigenvalue weighted by Crippen LogP contribution is -2.42. The first-order valence-electron chi connectivity index (χ1n) is 7.06. The number of hydrogen-bond donors (Lipinski definition) is 1. The van der Waals surface area contributed by atoms with E-state index in [1.165, 1.54) is 39.0 Å². The van der Waals surface area contributed by atoms with Crippen LogP contribution in [0.5, 0.6) is 0 Å². The molecule has 0 aromatic rings. The molecule has 1 saturated heterocycles. The Morgan fingerprint density at radius 2 is 2.06 bits per heavy atom. The number of nitrogens with zero attached hydrogens (tertiary/aromatic N) is 1. The van der Waals surface area contributed by atoms with Crippen LogP contribution in [0.3, 0.4) is 0 Å². The van der Waals surface area contributed by atoms with E-state index in [1.807, 2.05) is 0 Å². The van der Waals surface area contributed by atoms with Crippen LogP contribution in [0.4, 0.5) is 0 Å². The molecule has 1 heterocycles. The minimum absolute atomic E-state index is 0.784. The van der Waals surface area contributed by atoms with Crippen molar-refractivity contribution in [2.75, 3.05) is 32.7 Å². The molecule has 0 bridgehead atoms. The quantitative estimate of drug-likeness (QED) is 0.700. The van der Waals surface area contributed by atoms with Crippen LogP contribution in [-0.4, -0.2) is 37.6 Å². The summed E-state index contributed by atoms with van der Waals surface area (Å²) in [5, 5.41) is 3.52. The summed E-state index contributed by atoms with van der Waals surface area (Å²) >= 11 is 0. The lowest BCUT2D eigenvalue weighted by Gasteiger charge is -2.36. The zero-order valence-corrected chi connectivity index (χ0v) is 11.6. The number of piperidine rings is 1. The summed E-state index contributed by atoms with van der Waals surface area (Å²) in [6, 6.07) is 0. The second-order valence-electron chi connectivity index (χ2n) is 5.81. The van der Waals surface area contributed by atoms with Crippen LogP contribution in [0.1, 0.15) is 40.5 Å². The van der Waals surface area contributed by atoms with Gasteiger partial charge in [0.05, 0.1) is 0 Å². The van der Waals surface area contributed by atoms with Crippen molar-refractivity contribution in [3.05, 3.63) is 0 Å². The Kier molecular flexibility index (Phi) is 6.37. The van der Waals surface area contributed by atoms with Gasteiger partial charge in [-0.1, -0.05) is 27.7 Å². The Morgan fingerprint density at radius 3 is 2.69 bits per heavy atom. The Hall–Kier alpha value is -0.0800. The maximum absolute atomic E-state index is 3.52. The van der Waals surface area contributed by atoms with Gasteiger partial charge in [-0.25, -0.2) is 0 Å². The van der Waals surface area contributed by atoms with Gasteiger partial charge in [-0.2, -0.15) is 0 Å². The van der Waals surface area contributed by atoms with E-state index in [-0.39, 0.29) is 0 Å². The minimum Gasteiger partial charge on any atom is -0.316 e. The van der Waals surface area contributed by atoms with Crippen molar-refractivity contribution in [1.82, 2.24) is 10.2 Å². The molecule has 1 aliphatic rings. The zero-order valence-electron chi connectivity index (χ0n) is 11.6. The number of rotatable bonds is 6. The molecule has 0 radical (unpaired) electrons. The van der Waals surface area contributed by atoms with E-state index in [4.69, 9.17) is 0 Å². The fraction of sp³-hybridized carbons (Fsp3) is 1.00. The molecule has 1 rings (SSSR count). The first kappa shape index (κ1) is 14.0. The van der Waals surface area contributed by atoms with Crippen LogP contribution in [0.25, 0.3) is 0 Å². The first-order valence-corrected chi connectivity index (χ1v) is 7.06. The van der Waals surface area contributed by atoms with Crippen LogP contribution in [-0.2, 0) is 0 Å². The predicted molar refractivity (Wildman–Crippen MR) is 71.7 cm³/mol. The molecule has 0 saturated carbocycles. The van der Waals surface area contributed by atoms with Crippen molar-refractivity contribution in [1.29, 1.82) is 0 Å². The maximum Gasteiger partial charge on any atom is 0.00193 e. The van der Waals surface area contributed by atoms with E-state index in [1.54, 1.807) is 0 Å². The van der Waals surface area contributed by atoms with E-state index in [0.717, 1.165) is 24.3 Å². The summed E-state index contributed by atoms with van der Waals surface area (Å²) in [6.07, 6.45) is 2.63. The average Bonchev–Trinajstić information content (AvgIpc) is 2.24. The van der Waals surface area contributed by atoms with Gasteiger partial charge in [0.1, 0.15) is 0 Å². The van der Waals surface area contributed by atoms with Gasteiger partial charge in [-0.15, -0.1) is 0 Å². The van der Waals surface area contributed by atoms with Crippen molar-refractivity contribution in [3.8, 4) is 0 Å². The molecule has 1 fully saturated rings. The summed E-state index contributed by atoms with van der Waals surface area (Å²) in [4.78, 5) is 2.66. The fourth-order valence-electron chi connectivity index (χ4n) is 2.55. The maximum atomic E-state index is 3.52. The van der Waals surface area contributed by atoms with Gasteiger partial charge in [0.25, 0.3) is 0 Å². The summed E-state index contributed by atoms with van der Waals surface area (Å²) in [7, 11) is 0. The lowest BCUT2D eigenvalue weighted by atomic mass is 9.88. The van der Waals surface area contributed by atoms with E-state index >= 15 is 0 Å². The van der Waals surface area contributed by atoms with E-state index in [2.05, 4.69) is 37.9 Å². The molecule has 3 atom stereocenters. The third kappa shape index (κ3) is 4.84. The van der Waals surface area contributed by atoms with Crippen LogP contribution in [0.2, 0.25) is 0 Å². The van der Waals surface area contributed by atoms with Gasteiger partial charge < -0.3 is 10.2 Å². The predicted octanol–water partition coefficient (Wildman–Crippen LogP) is 2.60. The zero-order chi connectivity index (χ0) is 12.0. The minimum atomic E-state index is 0.784. The van der Waals surface area contributed by atoms with Gasteiger partial charge in [0.15, 0.2) is 0 Å². The molecule has 0 aromatic heterocycles. The Labute approximate surface area is 102 Å². The third-order valence-corrected chi connectivity index (χ3v) is 3.91. The molecule has 3 unspecified atom stereocenters. The topological polar surface area (TPSA) is 15.3 Å². The Balaban J connectivity index is 2.16. The van der Waals surface area contributed by atoms with Gasteiger partial charge in [-0.05, 0) is 50.2 Å². The second-order valence-corrected chi connectivity index (χ2v) is 5.81. The Bertz CT molecular complexity index is 182.